The lowest BCUT2D eigenvalue weighted by Crippen LogP contribution is -2.62. The summed E-state index contributed by atoms with van der Waals surface area (Å²) < 4.78 is 9.85. The fraction of sp³-hybridized carbons (Fsp3) is 0.450. The Hall–Kier alpha value is -3.27. The van der Waals surface area contributed by atoms with E-state index in [1.807, 2.05) is 0 Å². The molecule has 0 saturated carbocycles. The molecule has 0 radical (unpaired) electrons. The Bertz CT molecular complexity index is 837. The van der Waals surface area contributed by atoms with Gasteiger partial charge in [-0.25, -0.2) is 10.2 Å². The molecule has 1 aromatic carbocycles. The Kier molecular flexibility index (Phi) is 7.65. The van der Waals surface area contributed by atoms with Crippen LogP contribution in [-0.2, 0) is 19.1 Å². The van der Waals surface area contributed by atoms with Crippen LogP contribution in [0.25, 0.3) is 0 Å². The number of ether oxygens (including phenoxy) is 2. The quantitative estimate of drug-likeness (QED) is 0.303. The van der Waals surface area contributed by atoms with Gasteiger partial charge in [-0.15, -0.1) is 0 Å². The molecule has 0 aromatic heterocycles. The number of nitrogens with one attached hydrogen (secondary N) is 3. The number of cyclic esters (lactones) is 1. The van der Waals surface area contributed by atoms with Crippen molar-refractivity contribution in [2.45, 2.75) is 39.3 Å². The number of alkyl carbamates (subject to hydrolysis) is 1. The third-order valence-corrected chi connectivity index (χ3v) is 4.62. The predicted molar refractivity (Wildman–Crippen MR) is 105 cm³/mol. The maximum Gasteiger partial charge on any atom is 0.407 e. The van der Waals surface area contributed by atoms with Crippen molar-refractivity contribution in [2.75, 3.05) is 13.2 Å². The van der Waals surface area contributed by atoms with Gasteiger partial charge in [-0.2, -0.15) is 0 Å². The fourth-order valence-electron chi connectivity index (χ4n) is 2.98. The highest BCUT2D eigenvalue weighted by Gasteiger charge is 2.44. The lowest BCUT2D eigenvalue weighted by molar-refractivity contribution is -0.146. The first kappa shape index (κ1) is 23.0. The van der Waals surface area contributed by atoms with Gasteiger partial charge in [-0.1, -0.05) is 32.0 Å². The van der Waals surface area contributed by atoms with Crippen LogP contribution >= 0.6 is 0 Å². The third-order valence-electron chi connectivity index (χ3n) is 4.62. The summed E-state index contributed by atoms with van der Waals surface area (Å²) in [6.45, 7) is 5.23. The van der Waals surface area contributed by atoms with Crippen LogP contribution in [0.4, 0.5) is 4.79 Å². The minimum absolute atomic E-state index is 0.0143. The first-order valence-corrected chi connectivity index (χ1v) is 9.42. The average Bonchev–Trinajstić information content (AvgIpc) is 2.72. The van der Waals surface area contributed by atoms with Crippen molar-refractivity contribution in [3.05, 3.63) is 35.4 Å². The largest absolute Gasteiger partial charge is 0.466 e. The SMILES string of the molecule is CCOC(=O)C[C@H](NNC(=O)c1ccccc1C=O)C(=O)[C@H]1NC(=O)OCC1(C)C. The smallest absolute Gasteiger partial charge is 0.407 e. The number of benzene rings is 1. The van der Waals surface area contributed by atoms with E-state index in [0.29, 0.717) is 6.29 Å². The summed E-state index contributed by atoms with van der Waals surface area (Å²) >= 11 is 0. The number of ketones is 1. The van der Waals surface area contributed by atoms with Gasteiger partial charge in [-0.3, -0.25) is 24.6 Å². The van der Waals surface area contributed by atoms with Crippen LogP contribution in [0.3, 0.4) is 0 Å². The second kappa shape index (κ2) is 9.97. The molecule has 1 aromatic rings. The summed E-state index contributed by atoms with van der Waals surface area (Å²) in [5, 5.41) is 2.47. The molecule has 0 spiro atoms. The molecule has 0 aliphatic carbocycles. The van der Waals surface area contributed by atoms with Gasteiger partial charge in [0.05, 0.1) is 24.6 Å². The summed E-state index contributed by atoms with van der Waals surface area (Å²) in [4.78, 5) is 60.4. The van der Waals surface area contributed by atoms with Crippen molar-refractivity contribution in [3.63, 3.8) is 0 Å². The monoisotopic (exact) mass is 419 g/mol. The Morgan fingerprint density at radius 2 is 2.03 bits per heavy atom. The molecule has 1 aliphatic rings. The first-order valence-electron chi connectivity index (χ1n) is 9.42. The number of esters is 1. The van der Waals surface area contributed by atoms with Crippen molar-refractivity contribution in [3.8, 4) is 0 Å². The summed E-state index contributed by atoms with van der Waals surface area (Å²) in [5.41, 5.74) is 4.44. The molecule has 1 aliphatic heterocycles. The molecule has 0 unspecified atom stereocenters. The van der Waals surface area contributed by atoms with Crippen molar-refractivity contribution >= 4 is 30.0 Å². The lowest BCUT2D eigenvalue weighted by atomic mass is 9.80. The van der Waals surface area contributed by atoms with E-state index in [1.165, 1.54) is 12.1 Å². The van der Waals surface area contributed by atoms with Crippen LogP contribution in [0.5, 0.6) is 0 Å². The predicted octanol–water partition coefficient (Wildman–Crippen LogP) is 0.759. The van der Waals surface area contributed by atoms with Crippen molar-refractivity contribution < 1.29 is 33.4 Å². The number of carbonyl (C=O) groups excluding carboxylic acids is 5. The van der Waals surface area contributed by atoms with Crippen molar-refractivity contribution in [2.24, 2.45) is 5.41 Å². The van der Waals surface area contributed by atoms with E-state index in [9.17, 15) is 24.0 Å². The second-order valence-electron chi connectivity index (χ2n) is 7.41. The van der Waals surface area contributed by atoms with E-state index in [1.54, 1.807) is 32.9 Å². The zero-order chi connectivity index (χ0) is 22.3. The fourth-order valence-corrected chi connectivity index (χ4v) is 2.98. The van der Waals surface area contributed by atoms with Gasteiger partial charge in [0.1, 0.15) is 12.6 Å². The molecule has 1 heterocycles. The third kappa shape index (κ3) is 5.63. The van der Waals surface area contributed by atoms with Gasteiger partial charge in [-0.05, 0) is 13.0 Å². The molecule has 2 rings (SSSR count). The van der Waals surface area contributed by atoms with Gasteiger partial charge in [0.25, 0.3) is 5.91 Å². The summed E-state index contributed by atoms with van der Waals surface area (Å²) in [6, 6.07) is 3.98. The minimum Gasteiger partial charge on any atom is -0.466 e. The van der Waals surface area contributed by atoms with Crippen molar-refractivity contribution in [1.82, 2.24) is 16.2 Å². The molecule has 0 bridgehead atoms. The number of rotatable bonds is 9. The van der Waals surface area contributed by atoms with Crippen LogP contribution in [0.15, 0.2) is 24.3 Å². The van der Waals surface area contributed by atoms with Crippen LogP contribution < -0.4 is 16.2 Å². The molecule has 10 heteroatoms. The number of carbonyl (C=O) groups is 5. The maximum atomic E-state index is 13.1. The Morgan fingerprint density at radius 3 is 2.70 bits per heavy atom. The standard InChI is InChI=1S/C20H25N3O7/c1-4-29-15(25)9-14(16(26)17-20(2,3)11-30-19(28)21-17)22-23-18(27)13-8-6-5-7-12(13)10-24/h5-8,10,14,17,22H,4,9,11H2,1-3H3,(H,21,28)(H,23,27)/t14-,17+/m0/s1. The molecular formula is C20H25N3O7. The highest BCUT2D eigenvalue weighted by atomic mass is 16.6. The molecule has 1 saturated heterocycles. The van der Waals surface area contributed by atoms with Crippen LogP contribution in [0.2, 0.25) is 0 Å². The van der Waals surface area contributed by atoms with E-state index in [4.69, 9.17) is 9.47 Å². The zero-order valence-electron chi connectivity index (χ0n) is 17.0. The Balaban J connectivity index is 2.19. The molecule has 30 heavy (non-hydrogen) atoms. The van der Waals surface area contributed by atoms with Gasteiger partial charge >= 0.3 is 12.1 Å². The number of hydrazine groups is 1. The highest BCUT2D eigenvalue weighted by molar-refractivity contribution is 6.01. The number of hydrogen-bond donors (Lipinski definition) is 3. The molecular weight excluding hydrogens is 394 g/mol. The maximum absolute atomic E-state index is 13.1. The number of amides is 2. The van der Waals surface area contributed by atoms with E-state index >= 15 is 0 Å². The normalized spacial score (nSPS) is 18.4. The average molecular weight is 419 g/mol. The number of aldehydes is 1. The number of Topliss-reactive ketones (excluding diaryl/α,β-unsaturated/α-hetero) is 1. The topological polar surface area (TPSA) is 140 Å². The number of hydrogen-bond acceptors (Lipinski definition) is 8. The molecule has 2 atom stereocenters. The molecule has 162 valence electrons. The summed E-state index contributed by atoms with van der Waals surface area (Å²) in [5.74, 6) is -1.83. The molecule has 1 fully saturated rings. The van der Waals surface area contributed by atoms with Gasteiger partial charge in [0.2, 0.25) is 0 Å². The van der Waals surface area contributed by atoms with E-state index in [-0.39, 0.29) is 30.8 Å². The summed E-state index contributed by atoms with van der Waals surface area (Å²) in [7, 11) is 0. The van der Waals surface area contributed by atoms with Gasteiger partial charge in [0, 0.05) is 11.0 Å². The van der Waals surface area contributed by atoms with Gasteiger partial charge < -0.3 is 14.8 Å². The van der Waals surface area contributed by atoms with E-state index in [0.717, 1.165) is 0 Å². The van der Waals surface area contributed by atoms with Crippen LogP contribution in [0.1, 0.15) is 47.9 Å². The van der Waals surface area contributed by atoms with E-state index in [2.05, 4.69) is 16.2 Å². The second-order valence-corrected chi connectivity index (χ2v) is 7.41. The molecule has 10 nitrogen and oxygen atoms in total. The van der Waals surface area contributed by atoms with Gasteiger partial charge in [0.15, 0.2) is 12.1 Å². The zero-order valence-corrected chi connectivity index (χ0v) is 17.0. The molecule has 3 N–H and O–H groups in total. The minimum atomic E-state index is -1.18. The van der Waals surface area contributed by atoms with Crippen LogP contribution in [0, 0.1) is 5.41 Å². The van der Waals surface area contributed by atoms with E-state index < -0.39 is 41.3 Å². The molecule has 2 amide bonds. The van der Waals surface area contributed by atoms with Crippen LogP contribution in [-0.4, -0.2) is 55.3 Å². The highest BCUT2D eigenvalue weighted by Crippen LogP contribution is 2.26. The first-order chi connectivity index (χ1) is 14.2. The van der Waals surface area contributed by atoms with Crippen molar-refractivity contribution in [1.29, 1.82) is 0 Å². The lowest BCUT2D eigenvalue weighted by Gasteiger charge is -2.38. The summed E-state index contributed by atoms with van der Waals surface area (Å²) in [6.07, 6.45) is -0.575. The Labute approximate surface area is 173 Å². The Morgan fingerprint density at radius 1 is 1.33 bits per heavy atom.